The van der Waals surface area contributed by atoms with Gasteiger partial charge in [-0.05, 0) is 52.4 Å². The van der Waals surface area contributed by atoms with Crippen molar-refractivity contribution < 1.29 is 9.53 Å². The fourth-order valence-corrected chi connectivity index (χ4v) is 2.53. The van der Waals surface area contributed by atoms with Gasteiger partial charge in [0.15, 0.2) is 0 Å². The molecule has 134 valence electrons. The molecule has 0 aliphatic carbocycles. The topological polar surface area (TPSA) is 76.1 Å². The van der Waals surface area contributed by atoms with Crippen LogP contribution in [0.3, 0.4) is 0 Å². The highest BCUT2D eigenvalue weighted by molar-refractivity contribution is 9.10. The maximum atomic E-state index is 11.6. The van der Waals surface area contributed by atoms with E-state index in [1.54, 1.807) is 6.20 Å². The molecule has 0 radical (unpaired) electrons. The zero-order valence-corrected chi connectivity index (χ0v) is 16.0. The number of amides is 1. The molecular weight excluding hydrogens is 408 g/mol. The highest BCUT2D eigenvalue weighted by Crippen LogP contribution is 2.19. The van der Waals surface area contributed by atoms with Crippen LogP contribution in [-0.2, 0) is 11.3 Å². The van der Waals surface area contributed by atoms with Crippen molar-refractivity contribution in [2.45, 2.75) is 25.9 Å². The van der Waals surface area contributed by atoms with Crippen molar-refractivity contribution in [1.82, 2.24) is 15.3 Å². The first-order valence-electron chi connectivity index (χ1n) is 8.01. The number of nitrogens with one attached hydrogen (secondary N) is 2. The fraction of sp³-hybridized carbons (Fsp3) is 0.353. The van der Waals surface area contributed by atoms with E-state index in [9.17, 15) is 4.79 Å². The van der Waals surface area contributed by atoms with Crippen LogP contribution >= 0.6 is 27.5 Å². The minimum atomic E-state index is -0.387. The Kier molecular flexibility index (Phi) is 8.48. The first-order valence-corrected chi connectivity index (χ1v) is 9.18. The number of hydrogen-bond donors (Lipinski definition) is 2. The summed E-state index contributed by atoms with van der Waals surface area (Å²) >= 11 is 9.12. The van der Waals surface area contributed by atoms with E-state index in [2.05, 4.69) is 36.5 Å². The van der Waals surface area contributed by atoms with Crippen LogP contribution in [0.1, 0.15) is 24.8 Å². The Hall–Kier alpha value is -1.86. The van der Waals surface area contributed by atoms with Crippen LogP contribution in [0.15, 0.2) is 41.0 Å². The van der Waals surface area contributed by atoms with Crippen molar-refractivity contribution in [2.75, 3.05) is 18.4 Å². The molecule has 0 atom stereocenters. The minimum Gasteiger partial charge on any atom is -0.445 e. The van der Waals surface area contributed by atoms with Gasteiger partial charge in [-0.1, -0.05) is 30.3 Å². The molecule has 0 saturated heterocycles. The van der Waals surface area contributed by atoms with E-state index in [1.807, 2.05) is 30.3 Å². The molecule has 0 spiro atoms. The summed E-state index contributed by atoms with van der Waals surface area (Å²) in [6.45, 7) is 1.65. The molecule has 2 aromatic rings. The molecule has 0 fully saturated rings. The number of nitrogens with zero attached hydrogens (tertiary/aromatic N) is 2. The van der Waals surface area contributed by atoms with E-state index < -0.39 is 0 Å². The van der Waals surface area contributed by atoms with Gasteiger partial charge >= 0.3 is 6.09 Å². The van der Waals surface area contributed by atoms with Crippen LogP contribution in [-0.4, -0.2) is 29.2 Å². The molecule has 0 saturated carbocycles. The lowest BCUT2D eigenvalue weighted by Crippen LogP contribution is -2.25. The van der Waals surface area contributed by atoms with Crippen LogP contribution < -0.4 is 10.6 Å². The molecular formula is C17H20BrClN4O2. The second-order valence-corrected chi connectivity index (χ2v) is 6.50. The molecule has 2 N–H and O–H groups in total. The molecule has 1 heterocycles. The van der Waals surface area contributed by atoms with E-state index in [4.69, 9.17) is 16.3 Å². The van der Waals surface area contributed by atoms with Gasteiger partial charge in [0, 0.05) is 19.3 Å². The fourth-order valence-electron chi connectivity index (χ4n) is 2.07. The van der Waals surface area contributed by atoms with Crippen LogP contribution in [0.4, 0.5) is 10.6 Å². The van der Waals surface area contributed by atoms with Crippen LogP contribution in [0, 0.1) is 0 Å². The molecule has 1 amide bonds. The predicted molar refractivity (Wildman–Crippen MR) is 102 cm³/mol. The van der Waals surface area contributed by atoms with Crippen molar-refractivity contribution in [3.05, 3.63) is 51.8 Å². The first-order chi connectivity index (χ1) is 12.1. The molecule has 25 heavy (non-hydrogen) atoms. The van der Waals surface area contributed by atoms with Crippen molar-refractivity contribution in [2.24, 2.45) is 0 Å². The number of unbranched alkanes of at least 4 members (excludes halogenated alkanes) is 2. The number of carbonyl (C=O) groups is 1. The standard InChI is InChI=1S/C17H20BrClN4O2/c18-14-11-22-16(19)23-15(14)20-9-5-2-6-10-21-17(24)25-12-13-7-3-1-4-8-13/h1,3-4,7-8,11H,2,5-6,9-10,12H2,(H,21,24)(H,20,22,23). The maximum Gasteiger partial charge on any atom is 0.407 e. The number of hydrogen-bond acceptors (Lipinski definition) is 5. The molecule has 2 rings (SSSR count). The van der Waals surface area contributed by atoms with Crippen molar-refractivity contribution in [3.63, 3.8) is 0 Å². The van der Waals surface area contributed by atoms with E-state index in [-0.39, 0.29) is 18.0 Å². The number of halogens is 2. The quantitative estimate of drug-likeness (QED) is 0.458. The summed E-state index contributed by atoms with van der Waals surface area (Å²) < 4.78 is 5.92. The van der Waals surface area contributed by atoms with E-state index in [0.29, 0.717) is 12.4 Å². The molecule has 8 heteroatoms. The number of carbonyl (C=O) groups excluding carboxylic acids is 1. The van der Waals surface area contributed by atoms with Crippen LogP contribution in [0.25, 0.3) is 0 Å². The Labute approximate surface area is 160 Å². The zero-order chi connectivity index (χ0) is 17.9. The zero-order valence-electron chi connectivity index (χ0n) is 13.7. The molecule has 0 aliphatic rings. The number of benzene rings is 1. The Morgan fingerprint density at radius 1 is 1.16 bits per heavy atom. The van der Waals surface area contributed by atoms with Crippen molar-refractivity contribution >= 4 is 39.4 Å². The van der Waals surface area contributed by atoms with Gasteiger partial charge in [0.1, 0.15) is 12.4 Å². The van der Waals surface area contributed by atoms with Crippen LogP contribution in [0.5, 0.6) is 0 Å². The molecule has 6 nitrogen and oxygen atoms in total. The number of alkyl carbamates (subject to hydrolysis) is 1. The maximum absolute atomic E-state index is 11.6. The average Bonchev–Trinajstić information content (AvgIpc) is 2.63. The van der Waals surface area contributed by atoms with Gasteiger partial charge < -0.3 is 15.4 Å². The molecule has 1 aromatic carbocycles. The average molecular weight is 428 g/mol. The summed E-state index contributed by atoms with van der Waals surface area (Å²) in [5.41, 5.74) is 0.972. The van der Waals surface area contributed by atoms with Crippen LogP contribution in [0.2, 0.25) is 5.28 Å². The lowest BCUT2D eigenvalue weighted by atomic mass is 10.2. The number of anilines is 1. The van der Waals surface area contributed by atoms with E-state index >= 15 is 0 Å². The van der Waals surface area contributed by atoms with Gasteiger partial charge in [0.05, 0.1) is 4.47 Å². The predicted octanol–water partition coefficient (Wildman–Crippen LogP) is 4.40. The summed E-state index contributed by atoms with van der Waals surface area (Å²) in [5, 5.41) is 6.16. The molecule has 1 aromatic heterocycles. The lowest BCUT2D eigenvalue weighted by molar-refractivity contribution is 0.139. The van der Waals surface area contributed by atoms with Gasteiger partial charge in [0.2, 0.25) is 5.28 Å². The Balaban J connectivity index is 1.50. The Morgan fingerprint density at radius 3 is 2.72 bits per heavy atom. The first kappa shape index (κ1) is 19.5. The number of rotatable bonds is 9. The van der Waals surface area contributed by atoms with Gasteiger partial charge in [-0.2, -0.15) is 4.98 Å². The number of aromatic nitrogens is 2. The van der Waals surface area contributed by atoms with Gasteiger partial charge in [-0.3, -0.25) is 0 Å². The largest absolute Gasteiger partial charge is 0.445 e. The van der Waals surface area contributed by atoms with Gasteiger partial charge in [-0.15, -0.1) is 0 Å². The Bertz CT molecular complexity index is 673. The minimum absolute atomic E-state index is 0.212. The third-order valence-corrected chi connectivity index (χ3v) is 4.11. The normalized spacial score (nSPS) is 10.3. The summed E-state index contributed by atoms with van der Waals surface area (Å²) in [4.78, 5) is 19.6. The van der Waals surface area contributed by atoms with Crippen molar-refractivity contribution in [1.29, 1.82) is 0 Å². The molecule has 0 unspecified atom stereocenters. The van der Waals surface area contributed by atoms with Gasteiger partial charge in [0.25, 0.3) is 0 Å². The van der Waals surface area contributed by atoms with Crippen molar-refractivity contribution in [3.8, 4) is 0 Å². The second kappa shape index (κ2) is 10.9. The SMILES string of the molecule is O=C(NCCCCCNc1nc(Cl)ncc1Br)OCc1ccccc1. The second-order valence-electron chi connectivity index (χ2n) is 5.31. The van der Waals surface area contributed by atoms with E-state index in [1.165, 1.54) is 0 Å². The number of ether oxygens (including phenoxy) is 1. The monoisotopic (exact) mass is 426 g/mol. The Morgan fingerprint density at radius 2 is 1.92 bits per heavy atom. The van der Waals surface area contributed by atoms with Gasteiger partial charge in [-0.25, -0.2) is 9.78 Å². The summed E-state index contributed by atoms with van der Waals surface area (Å²) in [7, 11) is 0. The highest BCUT2D eigenvalue weighted by Gasteiger charge is 2.03. The summed E-state index contributed by atoms with van der Waals surface area (Å²) in [6.07, 6.45) is 4.04. The summed E-state index contributed by atoms with van der Waals surface area (Å²) in [6, 6.07) is 9.60. The lowest BCUT2D eigenvalue weighted by Gasteiger charge is -2.08. The molecule has 0 aliphatic heterocycles. The van der Waals surface area contributed by atoms with E-state index in [0.717, 1.165) is 35.8 Å². The smallest absolute Gasteiger partial charge is 0.407 e. The summed E-state index contributed by atoms with van der Waals surface area (Å²) in [5.74, 6) is 0.683. The third-order valence-electron chi connectivity index (χ3n) is 3.34. The highest BCUT2D eigenvalue weighted by atomic mass is 79.9. The molecule has 0 bridgehead atoms. The third kappa shape index (κ3) is 7.70.